The fraction of sp³-hybridized carbons (Fsp3) is 0.429. The van der Waals surface area contributed by atoms with Crippen molar-refractivity contribution in [1.29, 1.82) is 0 Å². The first-order valence-corrected chi connectivity index (χ1v) is 13.3. The highest BCUT2D eigenvalue weighted by Crippen LogP contribution is 2.40. The van der Waals surface area contributed by atoms with Crippen molar-refractivity contribution in [3.05, 3.63) is 42.1 Å². The van der Waals surface area contributed by atoms with Gasteiger partial charge in [-0.05, 0) is 31.1 Å². The molecule has 2 fully saturated rings. The summed E-state index contributed by atoms with van der Waals surface area (Å²) in [5.41, 5.74) is 1.98. The van der Waals surface area contributed by atoms with E-state index in [1.165, 1.54) is 6.08 Å². The summed E-state index contributed by atoms with van der Waals surface area (Å²) < 4.78 is 22.1. The van der Waals surface area contributed by atoms with Crippen molar-refractivity contribution in [2.75, 3.05) is 51.3 Å². The number of allylic oxidation sites excluding steroid dienone is 1. The molecule has 2 aromatic heterocycles. The maximum absolute atomic E-state index is 11.9. The second kappa shape index (κ2) is 12.1. The van der Waals surface area contributed by atoms with Crippen LogP contribution in [-0.2, 0) is 14.3 Å². The van der Waals surface area contributed by atoms with E-state index < -0.39 is 0 Å². The average Bonchev–Trinajstić information content (AvgIpc) is 3.39. The number of fused-ring (bicyclic) bond motifs is 1. The zero-order chi connectivity index (χ0) is 27.4. The molecule has 0 amide bonds. The van der Waals surface area contributed by atoms with Gasteiger partial charge in [0.1, 0.15) is 17.0 Å². The predicted molar refractivity (Wildman–Crippen MR) is 150 cm³/mol. The second-order valence-corrected chi connectivity index (χ2v) is 10.0. The van der Waals surface area contributed by atoms with Gasteiger partial charge in [0, 0.05) is 54.8 Å². The van der Waals surface area contributed by atoms with Crippen LogP contribution in [0.3, 0.4) is 0 Å². The van der Waals surface area contributed by atoms with Crippen LogP contribution in [0.2, 0.25) is 5.02 Å². The summed E-state index contributed by atoms with van der Waals surface area (Å²) in [4.78, 5) is 26.3. The zero-order valence-electron chi connectivity index (χ0n) is 22.0. The molecule has 0 saturated carbocycles. The molecule has 0 aliphatic carbocycles. The molecule has 3 aromatic rings. The topological polar surface area (TPSA) is 117 Å². The van der Waals surface area contributed by atoms with Crippen LogP contribution in [-0.4, -0.2) is 73.5 Å². The van der Waals surface area contributed by atoms with Crippen molar-refractivity contribution in [2.45, 2.75) is 31.3 Å². The Morgan fingerprint density at radius 1 is 1.13 bits per heavy atom. The number of hydrogen-bond donors (Lipinski definition) is 2. The molecule has 2 aliphatic rings. The number of benzene rings is 1. The smallest absolute Gasteiger partial charge is 0.223 e. The molecule has 5 rings (SSSR count). The number of ether oxygens (including phenoxy) is 4. The maximum Gasteiger partial charge on any atom is 0.223 e. The third-order valence-electron chi connectivity index (χ3n) is 7.08. The first-order valence-electron chi connectivity index (χ1n) is 12.9. The van der Waals surface area contributed by atoms with Crippen LogP contribution in [0.1, 0.15) is 19.3 Å². The number of hydrogen-bond acceptors (Lipinski definition) is 10. The number of ketones is 1. The zero-order valence-corrected chi connectivity index (χ0v) is 22.8. The number of methoxy groups -OCH3 is 2. The number of anilines is 2. The standard InChI is InChI=1S/C28H32ClN5O5/c1-4-19(35)9-17-14-39-15-23(17)33-28-30-13-16-10-22(21-11-20(36-2)12-24(37-3)25(21)29)32-27(26(16)34-28)31-18-5-7-38-8-6-18/h4,10-13,17-18,23H,1,5-9,14-15H2,2-3H3,(H,31,32)(H,30,33,34)/t17-,23+/m0/s1. The van der Waals surface area contributed by atoms with Gasteiger partial charge in [-0.15, -0.1) is 0 Å². The number of pyridine rings is 1. The summed E-state index contributed by atoms with van der Waals surface area (Å²) >= 11 is 6.71. The number of nitrogens with zero attached hydrogens (tertiary/aromatic N) is 3. The van der Waals surface area contributed by atoms with E-state index in [2.05, 4.69) is 22.2 Å². The fourth-order valence-electron chi connectivity index (χ4n) is 4.88. The van der Waals surface area contributed by atoms with Gasteiger partial charge in [-0.3, -0.25) is 4.79 Å². The van der Waals surface area contributed by atoms with E-state index in [0.717, 1.165) is 18.2 Å². The van der Waals surface area contributed by atoms with Crippen molar-refractivity contribution in [3.8, 4) is 22.8 Å². The monoisotopic (exact) mass is 553 g/mol. The van der Waals surface area contributed by atoms with Gasteiger partial charge in [-0.2, -0.15) is 0 Å². The third kappa shape index (κ3) is 6.08. The van der Waals surface area contributed by atoms with Crippen LogP contribution < -0.4 is 20.1 Å². The molecule has 11 heteroatoms. The average molecular weight is 554 g/mol. The minimum Gasteiger partial charge on any atom is -0.497 e. The maximum atomic E-state index is 11.9. The van der Waals surface area contributed by atoms with Crippen molar-refractivity contribution >= 4 is 40.1 Å². The number of halogens is 1. The minimum absolute atomic E-state index is 0.00996. The molecule has 0 bridgehead atoms. The lowest BCUT2D eigenvalue weighted by atomic mass is 9.97. The van der Waals surface area contributed by atoms with E-state index in [1.807, 2.05) is 12.1 Å². The highest BCUT2D eigenvalue weighted by Gasteiger charge is 2.30. The molecule has 10 nitrogen and oxygen atoms in total. The molecular formula is C28H32ClN5O5. The lowest BCUT2D eigenvalue weighted by Crippen LogP contribution is -2.30. The highest BCUT2D eigenvalue weighted by molar-refractivity contribution is 6.34. The van der Waals surface area contributed by atoms with Crippen molar-refractivity contribution < 1.29 is 23.7 Å². The Kier molecular flexibility index (Phi) is 8.44. The quantitative estimate of drug-likeness (QED) is 0.347. The van der Waals surface area contributed by atoms with E-state index in [1.54, 1.807) is 26.5 Å². The molecule has 1 aromatic carbocycles. The van der Waals surface area contributed by atoms with Crippen molar-refractivity contribution in [1.82, 2.24) is 15.0 Å². The van der Waals surface area contributed by atoms with Gasteiger partial charge in [0.05, 0.1) is 44.2 Å². The third-order valence-corrected chi connectivity index (χ3v) is 7.47. The molecule has 39 heavy (non-hydrogen) atoms. The molecule has 0 radical (unpaired) electrons. The van der Waals surface area contributed by atoms with Crippen LogP contribution in [0.15, 0.2) is 37.1 Å². The first kappa shape index (κ1) is 27.1. The Morgan fingerprint density at radius 3 is 2.69 bits per heavy atom. The number of carbonyl (C=O) groups is 1. The predicted octanol–water partition coefficient (Wildman–Crippen LogP) is 4.53. The van der Waals surface area contributed by atoms with E-state index in [0.29, 0.717) is 77.9 Å². The largest absolute Gasteiger partial charge is 0.497 e. The van der Waals surface area contributed by atoms with Gasteiger partial charge < -0.3 is 29.6 Å². The van der Waals surface area contributed by atoms with E-state index in [9.17, 15) is 4.79 Å². The normalized spacial score (nSPS) is 19.6. The number of carbonyl (C=O) groups excluding carboxylic acids is 1. The first-order chi connectivity index (χ1) is 19.0. The van der Waals surface area contributed by atoms with E-state index in [4.69, 9.17) is 40.5 Å². The molecule has 206 valence electrons. The molecule has 2 atom stereocenters. The Morgan fingerprint density at radius 2 is 1.95 bits per heavy atom. The molecular weight excluding hydrogens is 522 g/mol. The lowest BCUT2D eigenvalue weighted by Gasteiger charge is -2.24. The summed E-state index contributed by atoms with van der Waals surface area (Å²) in [5, 5.41) is 8.17. The molecule has 0 unspecified atom stereocenters. The number of aromatic nitrogens is 3. The second-order valence-electron chi connectivity index (χ2n) is 9.63. The summed E-state index contributed by atoms with van der Waals surface area (Å²) in [5.74, 6) is 2.17. The Hall–Kier alpha value is -3.47. The molecule has 0 spiro atoms. The number of nitrogens with one attached hydrogen (secondary N) is 2. The van der Waals surface area contributed by atoms with Gasteiger partial charge in [0.2, 0.25) is 5.95 Å². The Bertz CT molecular complexity index is 1360. The minimum atomic E-state index is -0.0893. The van der Waals surface area contributed by atoms with Crippen LogP contribution in [0.5, 0.6) is 11.5 Å². The Labute approximate surface area is 232 Å². The van der Waals surface area contributed by atoms with Crippen LogP contribution in [0.4, 0.5) is 11.8 Å². The van der Waals surface area contributed by atoms with Gasteiger partial charge in [0.25, 0.3) is 0 Å². The van der Waals surface area contributed by atoms with Crippen molar-refractivity contribution in [2.24, 2.45) is 5.92 Å². The van der Waals surface area contributed by atoms with Crippen LogP contribution in [0.25, 0.3) is 22.2 Å². The van der Waals surface area contributed by atoms with Crippen LogP contribution >= 0.6 is 11.6 Å². The van der Waals surface area contributed by atoms with Gasteiger partial charge >= 0.3 is 0 Å². The van der Waals surface area contributed by atoms with Crippen molar-refractivity contribution in [3.63, 3.8) is 0 Å². The summed E-state index contributed by atoms with van der Waals surface area (Å²) in [6, 6.07) is 5.56. The van der Waals surface area contributed by atoms with Crippen LogP contribution in [0, 0.1) is 5.92 Å². The number of rotatable bonds is 10. The fourth-order valence-corrected chi connectivity index (χ4v) is 5.16. The summed E-state index contributed by atoms with van der Waals surface area (Å²) in [6.07, 6.45) is 5.19. The molecule has 2 aliphatic heterocycles. The highest BCUT2D eigenvalue weighted by atomic mass is 35.5. The van der Waals surface area contributed by atoms with Gasteiger partial charge in [-0.25, -0.2) is 15.0 Å². The Balaban J connectivity index is 1.53. The summed E-state index contributed by atoms with van der Waals surface area (Å²) in [7, 11) is 3.15. The van der Waals surface area contributed by atoms with Gasteiger partial charge in [-0.1, -0.05) is 18.2 Å². The molecule has 2 saturated heterocycles. The summed E-state index contributed by atoms with van der Waals surface area (Å²) in [6.45, 7) is 5.91. The van der Waals surface area contributed by atoms with Gasteiger partial charge in [0.15, 0.2) is 11.6 Å². The SMILES string of the molecule is C=CC(=O)C[C@H]1COC[C@H]1Nc1ncc2cc(-c3cc(OC)cc(OC)c3Cl)nc(NC3CCOCC3)c2n1. The lowest BCUT2D eigenvalue weighted by molar-refractivity contribution is -0.115. The molecule has 4 heterocycles. The van der Waals surface area contributed by atoms with E-state index in [-0.39, 0.29) is 23.8 Å². The molecule has 2 N–H and O–H groups in total. The van der Waals surface area contributed by atoms with E-state index >= 15 is 0 Å².